The summed E-state index contributed by atoms with van der Waals surface area (Å²) in [7, 11) is -10.8. The minimum Gasteiger partial charge on any atom is -0.744 e. The van der Waals surface area contributed by atoms with Crippen LogP contribution in [0.15, 0.2) is 167 Å². The molecule has 0 aromatic heterocycles. The van der Waals surface area contributed by atoms with Crippen LogP contribution >= 0.6 is 46.4 Å². The normalized spacial score (nSPS) is 21.5. The number of halogens is 4. The molecule has 7 aliphatic rings. The van der Waals surface area contributed by atoms with E-state index in [1.807, 2.05) is 62.4 Å². The van der Waals surface area contributed by atoms with E-state index in [1.54, 1.807) is 6.07 Å². The zero-order valence-electron chi connectivity index (χ0n) is 46.4. The summed E-state index contributed by atoms with van der Waals surface area (Å²) in [6.07, 6.45) is 17.1. The molecular formula is C58H60Cl4KN3Na2O11S3. The minimum absolute atomic E-state index is 0. The fourth-order valence-electron chi connectivity index (χ4n) is 10.3. The number of hydrogen-bond donors (Lipinski definition) is 3. The molecule has 3 aromatic carbocycles. The third kappa shape index (κ3) is 17.8. The smallest absolute Gasteiger partial charge is 0.744 e. The Morgan fingerprint density at radius 1 is 0.683 bits per heavy atom. The fraction of sp³-hybridized carbons (Fsp3) is 0.345. The summed E-state index contributed by atoms with van der Waals surface area (Å²) in [6, 6.07) is 22.6. The summed E-state index contributed by atoms with van der Waals surface area (Å²) in [5.41, 5.74) is 13.7. The number of anilines is 2. The number of aliphatic hydroxyl groups is 1. The number of allylic oxidation sites excluding steroid dienone is 16. The molecule has 82 heavy (non-hydrogen) atoms. The number of carbonyl (C=O) groups excluding carboxylic acids is 1. The average Bonchev–Trinajstić information content (AvgIpc) is 3.90. The van der Waals surface area contributed by atoms with Crippen LogP contribution in [-0.2, 0) is 52.4 Å². The molecule has 3 N–H and O–H groups in total. The summed E-state index contributed by atoms with van der Waals surface area (Å²) < 4.78 is 85.5. The minimum atomic E-state index is -4.54. The maximum absolute atomic E-state index is 11.6. The number of fused-ring (bicyclic) bond motifs is 5. The molecule has 14 nitrogen and oxygen atoms in total. The van der Waals surface area contributed by atoms with Crippen molar-refractivity contribution in [2.75, 3.05) is 10.6 Å². The first kappa shape index (κ1) is 76.1. The predicted molar refractivity (Wildman–Crippen MR) is 311 cm³/mol. The van der Waals surface area contributed by atoms with Crippen LogP contribution in [0.2, 0.25) is 0 Å². The van der Waals surface area contributed by atoms with Gasteiger partial charge in [-0.05, 0) is 138 Å². The fourth-order valence-corrected chi connectivity index (χ4v) is 12.5. The van der Waals surface area contributed by atoms with Gasteiger partial charge in [-0.3, -0.25) is 9.79 Å². The number of aldehydes is 1. The van der Waals surface area contributed by atoms with Gasteiger partial charge in [-0.2, -0.15) is 36.4 Å². The third-order valence-corrected chi connectivity index (χ3v) is 17.6. The van der Waals surface area contributed by atoms with Crippen molar-refractivity contribution < 1.29 is 159 Å². The maximum Gasteiger partial charge on any atom is 1.00 e. The van der Waals surface area contributed by atoms with Gasteiger partial charge in [0.2, 0.25) is 0 Å². The second kappa shape index (κ2) is 32.3. The first-order valence-electron chi connectivity index (χ1n) is 24.5. The summed E-state index contributed by atoms with van der Waals surface area (Å²) >= 11 is 26.5. The monoisotopic (exact) mass is 1300 g/mol. The summed E-state index contributed by atoms with van der Waals surface area (Å²) in [6.45, 7) is 16.7. The zero-order valence-corrected chi connectivity index (χ0v) is 59.0. The molecule has 0 saturated carbocycles. The van der Waals surface area contributed by atoms with E-state index in [-0.39, 0.29) is 134 Å². The second-order valence-corrected chi connectivity index (χ2v) is 24.4. The first-order chi connectivity index (χ1) is 36.6. The van der Waals surface area contributed by atoms with E-state index in [0.717, 1.165) is 125 Å². The van der Waals surface area contributed by atoms with Crippen molar-refractivity contribution in [2.45, 2.75) is 121 Å². The molecule has 10 rings (SSSR count). The molecule has 0 fully saturated rings. The molecule has 24 heteroatoms. The molecule has 2 atom stereocenters. The van der Waals surface area contributed by atoms with Crippen molar-refractivity contribution in [3.05, 3.63) is 186 Å². The van der Waals surface area contributed by atoms with Crippen LogP contribution in [0.1, 0.15) is 117 Å². The van der Waals surface area contributed by atoms with Crippen molar-refractivity contribution in [1.29, 1.82) is 0 Å². The van der Waals surface area contributed by atoms with Crippen molar-refractivity contribution >= 4 is 107 Å². The van der Waals surface area contributed by atoms with Crippen molar-refractivity contribution in [3.63, 3.8) is 0 Å². The number of benzene rings is 3. The van der Waals surface area contributed by atoms with Crippen LogP contribution in [0.5, 0.6) is 0 Å². The van der Waals surface area contributed by atoms with E-state index < -0.39 is 36.8 Å². The SMILES string of the molecule is C.C=C1Nc2cc[c-]cc2C1(C)C.CC1(C)C(/C=C/C2=C(Cl)C3=C(Cl)/C(=C/C=C4/Nc5ccc(S(=O)(=O)[O-])cc5C4(C)C)CCC3CC2)=Nc2cc[c-]cc21.O=CC1=C(Cl)C2=C(Cl)/C(=C/O)CCC2CC1.O=S(=O)=O.O=S(=O)=O.[K+].[Na+].[Na+]. The Hall–Kier alpha value is -1.99. The Balaban J connectivity index is 0.000000469. The molecule has 0 amide bonds. The van der Waals surface area contributed by atoms with Crippen LogP contribution < -0.4 is 121 Å². The van der Waals surface area contributed by atoms with Crippen LogP contribution in [-0.4, -0.2) is 55.3 Å². The Morgan fingerprint density at radius 2 is 1.18 bits per heavy atom. The molecule has 0 radical (unpaired) electrons. The van der Waals surface area contributed by atoms with Crippen molar-refractivity contribution in [3.8, 4) is 0 Å². The number of aliphatic imine (C=N–C) groups is 1. The van der Waals surface area contributed by atoms with E-state index in [1.165, 1.54) is 28.9 Å². The molecule has 0 bridgehead atoms. The zero-order chi connectivity index (χ0) is 57.7. The number of aliphatic hydroxyl groups excluding tert-OH is 1. The Labute approximate surface area is 591 Å². The van der Waals surface area contributed by atoms with E-state index in [0.29, 0.717) is 38.1 Å². The van der Waals surface area contributed by atoms with Gasteiger partial charge >= 0.3 is 132 Å². The van der Waals surface area contributed by atoms with Gasteiger partial charge in [-0.1, -0.05) is 120 Å². The van der Waals surface area contributed by atoms with E-state index in [2.05, 4.69) is 69.2 Å². The number of nitrogens with zero attached hydrogens (tertiary/aromatic N) is 1. The van der Waals surface area contributed by atoms with Gasteiger partial charge < -0.3 is 20.3 Å². The first-order valence-corrected chi connectivity index (χ1v) is 29.4. The Morgan fingerprint density at radius 3 is 1.72 bits per heavy atom. The summed E-state index contributed by atoms with van der Waals surface area (Å²) in [5, 5.41) is 18.1. The van der Waals surface area contributed by atoms with Gasteiger partial charge in [0.1, 0.15) is 16.4 Å². The van der Waals surface area contributed by atoms with Gasteiger partial charge in [-0.25, -0.2) is 8.42 Å². The predicted octanol–water partition coefficient (Wildman–Crippen LogP) is 4.87. The second-order valence-electron chi connectivity index (χ2n) is 20.6. The standard InChI is InChI=1S/C34H33Cl2N2O3S.C12H12Cl2O2.C11H12N.CH4.K.2Na.2O3S/c1-33(2)24-7-5-6-8-26(24)37-28(33)17-13-21-11-9-20-10-12-22(32(36)30(20)31(21)35)14-18-29-34(3,4)25-19-23(42(39,40)41)15-16-27(25)38-29;13-11-8(5-15)3-1-7-2-4-9(6-16)12(14)10(7)11;1-8-11(2,3)9-6-4-5-7-10(9)12-8;;;;;2*1-4(2)3/h6-8,13-20,38H,9-12H2,1-4H3,(H,39,40,41);5-7,15H,1-4H2;5-7,12H,1H2,2-3H3;1H4;;;;;/q-1;;-1;;3*+1;;/p-1/b17-13+,22-14+,29-18+;8-5+;;;;;;;. The summed E-state index contributed by atoms with van der Waals surface area (Å²) in [5.74, 6) is 0.650. The summed E-state index contributed by atoms with van der Waals surface area (Å²) in [4.78, 5) is 15.5. The number of hydrogen-bond acceptors (Lipinski definition) is 14. The van der Waals surface area contributed by atoms with E-state index in [9.17, 15) is 17.8 Å². The molecule has 0 spiro atoms. The Bertz CT molecular complexity index is 3590. The molecule has 0 saturated heterocycles. The molecule has 3 aliphatic heterocycles. The van der Waals surface area contributed by atoms with E-state index in [4.69, 9.17) is 81.8 Å². The van der Waals surface area contributed by atoms with Crippen LogP contribution in [0, 0.1) is 24.0 Å². The van der Waals surface area contributed by atoms with Gasteiger partial charge in [0.05, 0.1) is 21.2 Å². The topological polar surface area (TPSA) is 233 Å². The number of carbonyl (C=O) groups is 1. The van der Waals surface area contributed by atoms with Crippen LogP contribution in [0.4, 0.5) is 17.1 Å². The van der Waals surface area contributed by atoms with Gasteiger partial charge in [-0.15, -0.1) is 48.5 Å². The molecule has 3 heterocycles. The van der Waals surface area contributed by atoms with Gasteiger partial charge in [0, 0.05) is 49.4 Å². The Kier molecular flexibility index (Phi) is 30.0. The van der Waals surface area contributed by atoms with Crippen molar-refractivity contribution in [1.82, 2.24) is 0 Å². The number of nitrogens with one attached hydrogen (secondary N) is 2. The quantitative estimate of drug-likeness (QED) is 0.102. The molecule has 3 aromatic rings. The number of rotatable bonds is 5. The van der Waals surface area contributed by atoms with Gasteiger partial charge in [0.15, 0.2) is 0 Å². The van der Waals surface area contributed by atoms with Crippen LogP contribution in [0.25, 0.3) is 0 Å². The molecular weight excluding hydrogens is 1240 g/mol. The molecule has 4 aliphatic carbocycles. The van der Waals surface area contributed by atoms with Crippen molar-refractivity contribution in [2.24, 2.45) is 16.8 Å². The average molecular weight is 1300 g/mol. The third-order valence-electron chi connectivity index (χ3n) is 15.0. The molecule has 2 unspecified atom stereocenters. The van der Waals surface area contributed by atoms with E-state index >= 15 is 0 Å². The van der Waals surface area contributed by atoms with Crippen LogP contribution in [0.3, 0.4) is 0 Å². The van der Waals surface area contributed by atoms with Gasteiger partial charge in [0.25, 0.3) is 0 Å². The largest absolute Gasteiger partial charge is 1.00 e. The maximum atomic E-state index is 11.6. The molecule has 422 valence electrons.